The van der Waals surface area contributed by atoms with Gasteiger partial charge >= 0.3 is 0 Å². The Hall–Kier alpha value is -2.70. The third-order valence-corrected chi connectivity index (χ3v) is 5.34. The third kappa shape index (κ3) is 4.72. The summed E-state index contributed by atoms with van der Waals surface area (Å²) < 4.78 is 44.1. The molecule has 0 saturated carbocycles. The smallest absolute Gasteiger partial charge is 0.272 e. The summed E-state index contributed by atoms with van der Waals surface area (Å²) in [6, 6.07) is 11.4. The number of hydrogen-bond acceptors (Lipinski definition) is 6. The van der Waals surface area contributed by atoms with Crippen molar-refractivity contribution in [2.45, 2.75) is 0 Å². The molecular formula is C18H17BrN2O5S. The molecule has 0 radical (unpaired) electrons. The Balaban J connectivity index is 2.49. The van der Waals surface area contributed by atoms with E-state index in [1.807, 2.05) is 0 Å². The maximum absolute atomic E-state index is 12.6. The van der Waals surface area contributed by atoms with Gasteiger partial charge in [0.25, 0.3) is 10.0 Å². The van der Waals surface area contributed by atoms with Crippen molar-refractivity contribution in [1.82, 2.24) is 0 Å². The maximum Gasteiger partial charge on any atom is 0.272 e. The molecule has 0 spiro atoms. The molecule has 0 bridgehead atoms. The van der Waals surface area contributed by atoms with E-state index in [0.717, 1.165) is 4.47 Å². The molecule has 0 aliphatic carbocycles. The lowest BCUT2D eigenvalue weighted by molar-refractivity contribution is 0.324. The van der Waals surface area contributed by atoms with Crippen LogP contribution >= 0.6 is 15.9 Å². The predicted octanol–water partition coefficient (Wildman–Crippen LogP) is 3.78. The molecule has 2 rings (SSSR count). The molecular weight excluding hydrogens is 436 g/mol. The first-order chi connectivity index (χ1) is 12.9. The second-order valence-corrected chi connectivity index (χ2v) is 7.72. The molecule has 0 unspecified atom stereocenters. The lowest BCUT2D eigenvalue weighted by Crippen LogP contribution is -2.14. The van der Waals surface area contributed by atoms with Crippen LogP contribution in [0.25, 0.3) is 6.08 Å². The van der Waals surface area contributed by atoms with E-state index in [9.17, 15) is 13.7 Å². The molecule has 0 aromatic heterocycles. The van der Waals surface area contributed by atoms with Crippen molar-refractivity contribution in [3.63, 3.8) is 0 Å². The number of nitrogens with one attached hydrogen (secondary N) is 1. The van der Waals surface area contributed by atoms with Crippen LogP contribution in [0.15, 0.2) is 45.8 Å². The fourth-order valence-electron chi connectivity index (χ4n) is 2.28. The molecule has 0 heterocycles. The molecule has 0 aliphatic rings. The van der Waals surface area contributed by atoms with E-state index in [2.05, 4.69) is 20.7 Å². The zero-order chi connectivity index (χ0) is 20.0. The Bertz CT molecular complexity index is 996. The average Bonchev–Trinajstić information content (AvgIpc) is 2.66. The standard InChI is InChI=1S/C18H17BrN2O5S/c1-24-16-9-4-12(17(25-2)18(16)26-3)10-15(11-20)27(22,23)21-14-7-5-13(19)6-8-14/h4-10,21H,1-3H3/b15-10-. The highest BCUT2D eigenvalue weighted by Gasteiger charge is 2.21. The number of halogens is 1. The zero-order valence-corrected chi connectivity index (χ0v) is 17.2. The minimum absolute atomic E-state index is 0.253. The van der Waals surface area contributed by atoms with Gasteiger partial charge in [-0.1, -0.05) is 15.9 Å². The van der Waals surface area contributed by atoms with Crippen molar-refractivity contribution in [2.24, 2.45) is 0 Å². The van der Waals surface area contributed by atoms with E-state index in [4.69, 9.17) is 14.2 Å². The van der Waals surface area contributed by atoms with E-state index < -0.39 is 14.9 Å². The van der Waals surface area contributed by atoms with E-state index in [0.29, 0.717) is 22.7 Å². The Kier molecular flexibility index (Phi) is 6.71. The lowest BCUT2D eigenvalue weighted by atomic mass is 10.1. The van der Waals surface area contributed by atoms with Crippen LogP contribution in [-0.4, -0.2) is 29.7 Å². The van der Waals surface area contributed by atoms with Gasteiger partial charge in [0.2, 0.25) is 5.75 Å². The first kappa shape index (κ1) is 20.6. The van der Waals surface area contributed by atoms with E-state index >= 15 is 0 Å². The molecule has 7 nitrogen and oxygen atoms in total. The Morgan fingerprint density at radius 1 is 1.04 bits per heavy atom. The summed E-state index contributed by atoms with van der Waals surface area (Å²) in [6.07, 6.45) is 1.21. The van der Waals surface area contributed by atoms with Gasteiger partial charge in [0.1, 0.15) is 6.07 Å². The van der Waals surface area contributed by atoms with Crippen LogP contribution in [-0.2, 0) is 10.0 Å². The molecule has 2 aromatic rings. The number of benzene rings is 2. The quantitative estimate of drug-likeness (QED) is 0.641. The predicted molar refractivity (Wildman–Crippen MR) is 106 cm³/mol. The molecule has 0 saturated heterocycles. The number of rotatable bonds is 7. The number of nitrogens with zero attached hydrogens (tertiary/aromatic N) is 1. The van der Waals surface area contributed by atoms with Crippen molar-refractivity contribution in [3.8, 4) is 23.3 Å². The summed E-state index contributed by atoms with van der Waals surface area (Å²) in [5.74, 6) is 0.966. The molecule has 142 valence electrons. The first-order valence-corrected chi connectivity index (χ1v) is 9.83. The SMILES string of the molecule is COc1ccc(/C=C(/C#N)S(=O)(=O)Nc2ccc(Br)cc2)c(OC)c1OC. The van der Waals surface area contributed by atoms with Crippen LogP contribution in [0.4, 0.5) is 5.69 Å². The van der Waals surface area contributed by atoms with Crippen LogP contribution < -0.4 is 18.9 Å². The number of nitriles is 1. The van der Waals surface area contributed by atoms with Crippen molar-refractivity contribution in [2.75, 3.05) is 26.1 Å². The number of allylic oxidation sites excluding steroid dienone is 1. The molecule has 0 amide bonds. The normalized spacial score (nSPS) is 11.4. The topological polar surface area (TPSA) is 97.7 Å². The molecule has 9 heteroatoms. The number of hydrogen-bond donors (Lipinski definition) is 1. The van der Waals surface area contributed by atoms with Gasteiger partial charge in [0.15, 0.2) is 16.4 Å². The molecule has 27 heavy (non-hydrogen) atoms. The molecule has 0 fully saturated rings. The molecule has 1 N–H and O–H groups in total. The maximum atomic E-state index is 12.6. The second kappa shape index (κ2) is 8.79. The van der Waals surface area contributed by atoms with Gasteiger partial charge in [-0.2, -0.15) is 5.26 Å². The summed E-state index contributed by atoms with van der Waals surface area (Å²) in [6.45, 7) is 0. The number of methoxy groups -OCH3 is 3. The molecule has 0 atom stereocenters. The molecule has 0 aliphatic heterocycles. The van der Waals surface area contributed by atoms with Crippen molar-refractivity contribution < 1.29 is 22.6 Å². The highest BCUT2D eigenvalue weighted by Crippen LogP contribution is 2.40. The summed E-state index contributed by atoms with van der Waals surface area (Å²) in [5, 5.41) is 9.39. The van der Waals surface area contributed by atoms with Crippen LogP contribution in [0, 0.1) is 11.3 Å². The van der Waals surface area contributed by atoms with E-state index in [1.54, 1.807) is 42.5 Å². The molecule has 2 aromatic carbocycles. The summed E-state index contributed by atoms with van der Waals surface area (Å²) in [5.41, 5.74) is 0.687. The fraction of sp³-hybridized carbons (Fsp3) is 0.167. The minimum Gasteiger partial charge on any atom is -0.493 e. The summed E-state index contributed by atoms with van der Waals surface area (Å²) in [4.78, 5) is -0.476. The van der Waals surface area contributed by atoms with Crippen LogP contribution in [0.5, 0.6) is 17.2 Å². The van der Waals surface area contributed by atoms with E-state index in [-0.39, 0.29) is 5.75 Å². The van der Waals surface area contributed by atoms with Gasteiger partial charge in [-0.3, -0.25) is 4.72 Å². The average molecular weight is 453 g/mol. The van der Waals surface area contributed by atoms with Gasteiger partial charge in [0.05, 0.1) is 21.3 Å². The third-order valence-electron chi connectivity index (χ3n) is 3.52. The van der Waals surface area contributed by atoms with Gasteiger partial charge < -0.3 is 14.2 Å². The monoisotopic (exact) mass is 452 g/mol. The van der Waals surface area contributed by atoms with Crippen molar-refractivity contribution >= 4 is 37.7 Å². The van der Waals surface area contributed by atoms with Crippen LogP contribution in [0.1, 0.15) is 5.56 Å². The van der Waals surface area contributed by atoms with Crippen LogP contribution in [0.3, 0.4) is 0 Å². The van der Waals surface area contributed by atoms with Gasteiger partial charge in [0, 0.05) is 15.7 Å². The first-order valence-electron chi connectivity index (χ1n) is 7.55. The highest BCUT2D eigenvalue weighted by atomic mass is 79.9. The van der Waals surface area contributed by atoms with Crippen LogP contribution in [0.2, 0.25) is 0 Å². The largest absolute Gasteiger partial charge is 0.493 e. The summed E-state index contributed by atoms with van der Waals surface area (Å²) >= 11 is 3.28. The Morgan fingerprint density at radius 3 is 2.19 bits per heavy atom. The summed E-state index contributed by atoms with van der Waals surface area (Å²) in [7, 11) is 0.230. The Labute approximate surface area is 166 Å². The number of ether oxygens (including phenoxy) is 3. The minimum atomic E-state index is -4.09. The van der Waals surface area contributed by atoms with Gasteiger partial charge in [-0.05, 0) is 42.5 Å². The van der Waals surface area contributed by atoms with Gasteiger partial charge in [-0.25, -0.2) is 8.42 Å². The fourth-order valence-corrected chi connectivity index (χ4v) is 3.50. The second-order valence-electron chi connectivity index (χ2n) is 5.16. The highest BCUT2D eigenvalue weighted by molar-refractivity contribution is 9.10. The lowest BCUT2D eigenvalue weighted by Gasteiger charge is -2.14. The number of anilines is 1. The van der Waals surface area contributed by atoms with E-state index in [1.165, 1.54) is 27.4 Å². The van der Waals surface area contributed by atoms with Crippen molar-refractivity contribution in [1.29, 1.82) is 5.26 Å². The number of sulfonamides is 1. The van der Waals surface area contributed by atoms with Gasteiger partial charge in [-0.15, -0.1) is 0 Å². The Morgan fingerprint density at radius 2 is 1.67 bits per heavy atom. The van der Waals surface area contributed by atoms with Crippen molar-refractivity contribution in [3.05, 3.63) is 51.3 Å². The zero-order valence-electron chi connectivity index (χ0n) is 14.8.